The lowest BCUT2D eigenvalue weighted by atomic mass is 10.1. The molecule has 5 atom stereocenters. The SMILES string of the molecule is O=c1[nH]c(=O)c2ncn([C@@H]3O[C@@H]4COP(=O)(O)O[C@H]4[C@H]3O)c2[nH]1. The number of nitrogens with zero attached hydrogens (tertiary/aromatic N) is 2. The van der Waals surface area contributed by atoms with Crippen LogP contribution in [0.4, 0.5) is 0 Å². The van der Waals surface area contributed by atoms with Crippen LogP contribution in [0.3, 0.4) is 0 Å². The summed E-state index contributed by atoms with van der Waals surface area (Å²) < 4.78 is 27.7. The van der Waals surface area contributed by atoms with Crippen molar-refractivity contribution in [1.82, 2.24) is 19.5 Å². The minimum Gasteiger partial charge on any atom is -0.386 e. The molecule has 0 aliphatic carbocycles. The number of aliphatic hydroxyl groups excluding tert-OH is 1. The van der Waals surface area contributed by atoms with E-state index >= 15 is 0 Å². The van der Waals surface area contributed by atoms with Gasteiger partial charge in [-0.1, -0.05) is 0 Å². The minimum absolute atomic E-state index is 0.0414. The van der Waals surface area contributed by atoms with Gasteiger partial charge < -0.3 is 14.7 Å². The Kier molecular flexibility index (Phi) is 3.10. The van der Waals surface area contributed by atoms with Crippen LogP contribution >= 0.6 is 7.82 Å². The van der Waals surface area contributed by atoms with Crippen molar-refractivity contribution < 1.29 is 28.3 Å². The molecule has 0 spiro atoms. The van der Waals surface area contributed by atoms with E-state index in [1.54, 1.807) is 0 Å². The normalized spacial score (nSPS) is 37.1. The molecule has 1 unspecified atom stereocenters. The Morgan fingerprint density at radius 2 is 2.17 bits per heavy atom. The molecular formula is C10H11N4O8P. The molecule has 0 bridgehead atoms. The average Bonchev–Trinajstić information content (AvgIpc) is 3.00. The summed E-state index contributed by atoms with van der Waals surface area (Å²) in [6.45, 7) is -0.240. The summed E-state index contributed by atoms with van der Waals surface area (Å²) in [6, 6.07) is 0. The van der Waals surface area contributed by atoms with Crippen LogP contribution in [-0.2, 0) is 18.3 Å². The number of rotatable bonds is 1. The summed E-state index contributed by atoms with van der Waals surface area (Å²) in [5.74, 6) is 0. The number of aromatic nitrogens is 4. The van der Waals surface area contributed by atoms with Gasteiger partial charge in [-0.15, -0.1) is 0 Å². The van der Waals surface area contributed by atoms with Gasteiger partial charge in [0.05, 0.1) is 12.9 Å². The molecule has 13 heteroatoms. The van der Waals surface area contributed by atoms with Gasteiger partial charge in [0, 0.05) is 0 Å². The number of fused-ring (bicyclic) bond motifs is 2. The molecule has 4 rings (SSSR count). The van der Waals surface area contributed by atoms with Crippen molar-refractivity contribution >= 4 is 19.0 Å². The van der Waals surface area contributed by atoms with Gasteiger partial charge in [-0.25, -0.2) is 14.3 Å². The lowest BCUT2D eigenvalue weighted by Crippen LogP contribution is -2.39. The van der Waals surface area contributed by atoms with Crippen molar-refractivity contribution in [2.24, 2.45) is 0 Å². The zero-order valence-electron chi connectivity index (χ0n) is 11.3. The number of phosphoric ester groups is 1. The smallest absolute Gasteiger partial charge is 0.386 e. The van der Waals surface area contributed by atoms with E-state index < -0.39 is 43.6 Å². The molecule has 0 amide bonds. The number of imidazole rings is 1. The predicted molar refractivity (Wildman–Crippen MR) is 71.5 cm³/mol. The molecule has 0 saturated carbocycles. The second-order valence-corrected chi connectivity index (χ2v) is 6.55. The van der Waals surface area contributed by atoms with Gasteiger partial charge in [-0.3, -0.25) is 28.4 Å². The van der Waals surface area contributed by atoms with Crippen LogP contribution in [0.15, 0.2) is 15.9 Å². The molecule has 2 saturated heterocycles. The predicted octanol–water partition coefficient (Wildman–Crippen LogP) is -1.81. The van der Waals surface area contributed by atoms with E-state index in [2.05, 4.69) is 14.5 Å². The number of ether oxygens (including phenoxy) is 1. The first-order chi connectivity index (χ1) is 10.9. The molecule has 0 aromatic carbocycles. The minimum atomic E-state index is -4.24. The number of phosphoric acid groups is 1. The Morgan fingerprint density at radius 1 is 1.39 bits per heavy atom. The summed E-state index contributed by atoms with van der Waals surface area (Å²) >= 11 is 0. The third-order valence-electron chi connectivity index (χ3n) is 3.71. The highest BCUT2D eigenvalue weighted by Crippen LogP contribution is 2.52. The molecule has 2 aromatic heterocycles. The molecule has 2 aromatic rings. The van der Waals surface area contributed by atoms with Crippen LogP contribution in [0.1, 0.15) is 6.23 Å². The van der Waals surface area contributed by atoms with E-state index in [1.807, 2.05) is 4.98 Å². The quantitative estimate of drug-likeness (QED) is 0.435. The van der Waals surface area contributed by atoms with Crippen LogP contribution < -0.4 is 11.2 Å². The van der Waals surface area contributed by atoms with Gasteiger partial charge in [0.2, 0.25) is 0 Å². The zero-order chi connectivity index (χ0) is 16.4. The first-order valence-electron chi connectivity index (χ1n) is 6.54. The van der Waals surface area contributed by atoms with Crippen molar-refractivity contribution in [3.05, 3.63) is 27.2 Å². The average molecular weight is 346 g/mol. The van der Waals surface area contributed by atoms with Crippen molar-refractivity contribution in [2.45, 2.75) is 24.5 Å². The summed E-state index contributed by atoms with van der Waals surface area (Å²) in [6.07, 6.45) is -3.06. The molecule has 12 nitrogen and oxygen atoms in total. The third-order valence-corrected chi connectivity index (χ3v) is 4.69. The summed E-state index contributed by atoms with van der Waals surface area (Å²) in [7, 11) is -4.24. The number of nitrogens with one attached hydrogen (secondary N) is 2. The summed E-state index contributed by atoms with van der Waals surface area (Å²) in [5.41, 5.74) is -1.42. The number of aliphatic hydroxyl groups is 1. The van der Waals surface area contributed by atoms with Crippen LogP contribution in [0.2, 0.25) is 0 Å². The molecule has 124 valence electrons. The van der Waals surface area contributed by atoms with Crippen molar-refractivity contribution in [3.63, 3.8) is 0 Å². The first kappa shape index (κ1) is 14.8. The first-order valence-corrected chi connectivity index (χ1v) is 8.04. The second-order valence-electron chi connectivity index (χ2n) is 5.15. The molecule has 2 fully saturated rings. The van der Waals surface area contributed by atoms with E-state index in [4.69, 9.17) is 9.26 Å². The maximum Gasteiger partial charge on any atom is 0.472 e. The van der Waals surface area contributed by atoms with Crippen LogP contribution in [-0.4, -0.2) is 54.4 Å². The van der Waals surface area contributed by atoms with Gasteiger partial charge >= 0.3 is 13.5 Å². The number of H-pyrrole nitrogens is 2. The lowest BCUT2D eigenvalue weighted by Gasteiger charge is -2.27. The van der Waals surface area contributed by atoms with Crippen molar-refractivity contribution in [3.8, 4) is 0 Å². The maximum atomic E-state index is 11.7. The number of hydrogen-bond donors (Lipinski definition) is 4. The summed E-state index contributed by atoms with van der Waals surface area (Å²) in [5, 5.41) is 10.3. The fraction of sp³-hybridized carbons (Fsp3) is 0.500. The third kappa shape index (κ3) is 2.27. The monoisotopic (exact) mass is 346 g/mol. The van der Waals surface area contributed by atoms with E-state index in [0.29, 0.717) is 0 Å². The van der Waals surface area contributed by atoms with Gasteiger partial charge in [0.1, 0.15) is 24.0 Å². The molecule has 2 aliphatic heterocycles. The van der Waals surface area contributed by atoms with Crippen LogP contribution in [0.5, 0.6) is 0 Å². The largest absolute Gasteiger partial charge is 0.472 e. The Labute approximate surface area is 126 Å². The van der Waals surface area contributed by atoms with Gasteiger partial charge in [-0.2, -0.15) is 0 Å². The molecule has 0 radical (unpaired) electrons. The fourth-order valence-electron chi connectivity index (χ4n) is 2.71. The Balaban J connectivity index is 1.76. The molecule has 4 heterocycles. The standard InChI is InChI=1S/C10H11N4O8P/c15-5-6-3(1-20-23(18,19)22-6)21-9(5)14-2-11-4-7(14)12-10(17)13-8(4)16/h2-3,5-6,9,15H,1H2,(H,18,19)(H2,12,13,16,17)/t3-,5-,6-,9-/m1/s1. The lowest BCUT2D eigenvalue weighted by molar-refractivity contribution is -0.0664. The molecule has 4 N–H and O–H groups in total. The Morgan fingerprint density at radius 3 is 2.96 bits per heavy atom. The van der Waals surface area contributed by atoms with E-state index in [0.717, 1.165) is 0 Å². The van der Waals surface area contributed by atoms with Crippen LogP contribution in [0, 0.1) is 0 Å². The Hall–Kier alpha value is -1.82. The number of aromatic amines is 2. The van der Waals surface area contributed by atoms with Gasteiger partial charge in [0.15, 0.2) is 11.7 Å². The highest BCUT2D eigenvalue weighted by molar-refractivity contribution is 7.47. The van der Waals surface area contributed by atoms with Crippen molar-refractivity contribution in [1.29, 1.82) is 0 Å². The van der Waals surface area contributed by atoms with Crippen molar-refractivity contribution in [2.75, 3.05) is 6.61 Å². The summed E-state index contributed by atoms with van der Waals surface area (Å²) in [4.78, 5) is 40.7. The Bertz CT molecular complexity index is 933. The van der Waals surface area contributed by atoms with Gasteiger partial charge in [0.25, 0.3) is 5.56 Å². The maximum absolute atomic E-state index is 11.7. The topological polar surface area (TPSA) is 169 Å². The van der Waals surface area contributed by atoms with Crippen LogP contribution in [0.25, 0.3) is 11.2 Å². The highest BCUT2D eigenvalue weighted by atomic mass is 31.2. The van der Waals surface area contributed by atoms with E-state index in [-0.39, 0.29) is 17.8 Å². The zero-order valence-corrected chi connectivity index (χ0v) is 12.2. The van der Waals surface area contributed by atoms with Gasteiger partial charge in [-0.05, 0) is 0 Å². The number of hydrogen-bond acceptors (Lipinski definition) is 8. The fourth-order valence-corrected chi connectivity index (χ4v) is 3.67. The molecular weight excluding hydrogens is 335 g/mol. The molecule has 2 aliphatic rings. The highest BCUT2D eigenvalue weighted by Gasteiger charge is 2.52. The van der Waals surface area contributed by atoms with E-state index in [1.165, 1.54) is 10.9 Å². The van der Waals surface area contributed by atoms with E-state index in [9.17, 15) is 24.2 Å². The molecule has 23 heavy (non-hydrogen) atoms. The second kappa shape index (κ2) is 4.84.